The van der Waals surface area contributed by atoms with Crippen molar-refractivity contribution in [3.63, 3.8) is 0 Å². The van der Waals surface area contributed by atoms with Gasteiger partial charge in [0.25, 0.3) is 0 Å². The van der Waals surface area contributed by atoms with Gasteiger partial charge in [0.15, 0.2) is 0 Å². The largest absolute Gasteiger partial charge is 0.491 e. The lowest BCUT2D eigenvalue weighted by Crippen LogP contribution is -2.01. The average Bonchev–Trinajstić information content (AvgIpc) is 2.38. The summed E-state index contributed by atoms with van der Waals surface area (Å²) in [5.41, 5.74) is 6.16. The topological polar surface area (TPSA) is 35.2 Å². The second kappa shape index (κ2) is 6.68. The van der Waals surface area contributed by atoms with E-state index >= 15 is 0 Å². The summed E-state index contributed by atoms with van der Waals surface area (Å²) in [6.45, 7) is 0.505. The van der Waals surface area contributed by atoms with Crippen LogP contribution in [0.4, 0.5) is 10.1 Å². The third-order valence-electron chi connectivity index (χ3n) is 2.41. The molecule has 0 aromatic heterocycles. The summed E-state index contributed by atoms with van der Waals surface area (Å²) in [7, 11) is 0. The number of rotatable bonds is 5. The molecule has 0 amide bonds. The van der Waals surface area contributed by atoms with E-state index in [4.69, 9.17) is 22.1 Å². The molecule has 0 aliphatic rings. The predicted octanol–water partition coefficient (Wildman–Crippen LogP) is 4.23. The van der Waals surface area contributed by atoms with Crippen molar-refractivity contribution in [1.29, 1.82) is 0 Å². The maximum absolute atomic E-state index is 12.9. The van der Waals surface area contributed by atoms with Crippen LogP contribution >= 0.6 is 23.4 Å². The standard InChI is InChI=1S/C14H13ClFNOS/c15-11-3-1-2-4-13(11)18-7-8-19-14-6-5-10(16)9-12(14)17/h1-6,9H,7-8,17H2. The molecule has 0 fully saturated rings. The normalized spacial score (nSPS) is 10.4. The number of para-hydroxylation sites is 1. The second-order valence-corrected chi connectivity index (χ2v) is 5.35. The molecule has 0 saturated carbocycles. The molecule has 5 heteroatoms. The molecule has 0 spiro atoms. The maximum atomic E-state index is 12.9. The van der Waals surface area contributed by atoms with Crippen LogP contribution in [0.25, 0.3) is 0 Å². The van der Waals surface area contributed by atoms with Gasteiger partial charge in [-0.15, -0.1) is 11.8 Å². The first-order chi connectivity index (χ1) is 9.16. The van der Waals surface area contributed by atoms with Gasteiger partial charge in [-0.1, -0.05) is 23.7 Å². The van der Waals surface area contributed by atoms with Gasteiger partial charge in [-0.2, -0.15) is 0 Å². The predicted molar refractivity (Wildman–Crippen MR) is 78.5 cm³/mol. The number of nitrogens with two attached hydrogens (primary N) is 1. The van der Waals surface area contributed by atoms with Crippen molar-refractivity contribution in [2.75, 3.05) is 18.1 Å². The van der Waals surface area contributed by atoms with Gasteiger partial charge in [-0.25, -0.2) is 4.39 Å². The lowest BCUT2D eigenvalue weighted by atomic mass is 10.3. The molecule has 0 bridgehead atoms. The Bertz CT molecular complexity index is 565. The van der Waals surface area contributed by atoms with Gasteiger partial charge >= 0.3 is 0 Å². The fourth-order valence-electron chi connectivity index (χ4n) is 1.52. The number of thioether (sulfide) groups is 1. The van der Waals surface area contributed by atoms with Crippen LogP contribution < -0.4 is 10.5 Å². The zero-order chi connectivity index (χ0) is 13.7. The Labute approximate surface area is 120 Å². The molecule has 2 rings (SSSR count). The lowest BCUT2D eigenvalue weighted by molar-refractivity contribution is 0.344. The van der Waals surface area contributed by atoms with Gasteiger partial charge in [0, 0.05) is 16.3 Å². The number of anilines is 1. The maximum Gasteiger partial charge on any atom is 0.137 e. The average molecular weight is 298 g/mol. The van der Waals surface area contributed by atoms with E-state index in [0.717, 1.165) is 4.90 Å². The van der Waals surface area contributed by atoms with E-state index in [2.05, 4.69) is 0 Å². The third-order valence-corrected chi connectivity index (χ3v) is 3.77. The minimum atomic E-state index is -0.325. The second-order valence-electron chi connectivity index (χ2n) is 3.81. The van der Waals surface area contributed by atoms with Gasteiger partial charge < -0.3 is 10.5 Å². The summed E-state index contributed by atoms with van der Waals surface area (Å²) in [6.07, 6.45) is 0. The highest BCUT2D eigenvalue weighted by atomic mass is 35.5. The zero-order valence-electron chi connectivity index (χ0n) is 10.1. The first kappa shape index (κ1) is 14.0. The van der Waals surface area contributed by atoms with Crippen molar-refractivity contribution in [3.8, 4) is 5.75 Å². The third kappa shape index (κ3) is 4.04. The molecule has 0 aliphatic carbocycles. The van der Waals surface area contributed by atoms with Crippen LogP contribution in [0.15, 0.2) is 47.4 Å². The van der Waals surface area contributed by atoms with Crippen molar-refractivity contribution in [2.24, 2.45) is 0 Å². The van der Waals surface area contributed by atoms with Crippen molar-refractivity contribution in [1.82, 2.24) is 0 Å². The summed E-state index contributed by atoms with van der Waals surface area (Å²) in [5, 5.41) is 0.591. The van der Waals surface area contributed by atoms with Gasteiger partial charge in [0.1, 0.15) is 11.6 Å². The van der Waals surface area contributed by atoms with Gasteiger partial charge in [-0.3, -0.25) is 0 Å². The molecular weight excluding hydrogens is 285 g/mol. The Morgan fingerprint density at radius 3 is 2.74 bits per heavy atom. The van der Waals surface area contributed by atoms with Crippen LogP contribution in [-0.4, -0.2) is 12.4 Å². The van der Waals surface area contributed by atoms with E-state index in [0.29, 0.717) is 28.8 Å². The summed E-state index contributed by atoms with van der Waals surface area (Å²) in [6, 6.07) is 11.7. The SMILES string of the molecule is Nc1cc(F)ccc1SCCOc1ccccc1Cl. The van der Waals surface area contributed by atoms with Crippen LogP contribution in [0.3, 0.4) is 0 Å². The summed E-state index contributed by atoms with van der Waals surface area (Å²) >= 11 is 7.49. The van der Waals surface area contributed by atoms with Gasteiger partial charge in [-0.05, 0) is 30.3 Å². The molecule has 0 radical (unpaired) electrons. The number of benzene rings is 2. The number of halogens is 2. The molecule has 2 aromatic carbocycles. The lowest BCUT2D eigenvalue weighted by Gasteiger charge is -2.08. The first-order valence-corrected chi connectivity index (χ1v) is 7.08. The Balaban J connectivity index is 1.83. The molecule has 2 N–H and O–H groups in total. The van der Waals surface area contributed by atoms with Gasteiger partial charge in [0.05, 0.1) is 11.6 Å². The molecule has 2 nitrogen and oxygen atoms in total. The molecule has 0 saturated heterocycles. The van der Waals surface area contributed by atoms with Crippen molar-refractivity contribution in [3.05, 3.63) is 53.3 Å². The van der Waals surface area contributed by atoms with Gasteiger partial charge in [0.2, 0.25) is 0 Å². The van der Waals surface area contributed by atoms with E-state index in [9.17, 15) is 4.39 Å². The van der Waals surface area contributed by atoms with Crippen LogP contribution in [0.2, 0.25) is 5.02 Å². The first-order valence-electron chi connectivity index (χ1n) is 5.72. The Hall–Kier alpha value is -1.39. The molecule has 0 heterocycles. The van der Waals surface area contributed by atoms with E-state index in [1.54, 1.807) is 12.1 Å². The summed E-state index contributed by atoms with van der Waals surface area (Å²) in [5.74, 6) is 1.05. The highest BCUT2D eigenvalue weighted by molar-refractivity contribution is 7.99. The Kier molecular flexibility index (Phi) is 4.93. The summed E-state index contributed by atoms with van der Waals surface area (Å²) in [4.78, 5) is 0.851. The van der Waals surface area contributed by atoms with Crippen LogP contribution in [0, 0.1) is 5.82 Å². The molecule has 19 heavy (non-hydrogen) atoms. The van der Waals surface area contributed by atoms with Crippen LogP contribution in [0.5, 0.6) is 5.75 Å². The summed E-state index contributed by atoms with van der Waals surface area (Å²) < 4.78 is 18.4. The molecular formula is C14H13ClFNOS. The van der Waals surface area contributed by atoms with E-state index in [1.165, 1.54) is 23.9 Å². The number of ether oxygens (including phenoxy) is 1. The monoisotopic (exact) mass is 297 g/mol. The minimum Gasteiger partial charge on any atom is -0.491 e. The van der Waals surface area contributed by atoms with Crippen LogP contribution in [-0.2, 0) is 0 Å². The van der Waals surface area contributed by atoms with E-state index in [-0.39, 0.29) is 5.82 Å². The number of hydrogen-bond acceptors (Lipinski definition) is 3. The number of nitrogen functional groups attached to an aromatic ring is 1. The van der Waals surface area contributed by atoms with E-state index in [1.807, 2.05) is 18.2 Å². The fourth-order valence-corrected chi connectivity index (χ4v) is 2.48. The highest BCUT2D eigenvalue weighted by Crippen LogP contribution is 2.27. The number of hydrogen-bond donors (Lipinski definition) is 1. The van der Waals surface area contributed by atoms with E-state index < -0.39 is 0 Å². The molecule has 100 valence electrons. The minimum absolute atomic E-state index is 0.325. The molecule has 2 aromatic rings. The smallest absolute Gasteiger partial charge is 0.137 e. The Morgan fingerprint density at radius 1 is 1.21 bits per heavy atom. The zero-order valence-corrected chi connectivity index (χ0v) is 11.7. The van der Waals surface area contributed by atoms with Crippen molar-refractivity contribution < 1.29 is 9.13 Å². The Morgan fingerprint density at radius 2 is 2.00 bits per heavy atom. The molecule has 0 unspecified atom stereocenters. The molecule has 0 aliphatic heterocycles. The highest BCUT2D eigenvalue weighted by Gasteiger charge is 2.03. The van der Waals surface area contributed by atoms with Crippen molar-refractivity contribution in [2.45, 2.75) is 4.90 Å². The fraction of sp³-hybridized carbons (Fsp3) is 0.143. The quantitative estimate of drug-likeness (QED) is 0.509. The van der Waals surface area contributed by atoms with Crippen LogP contribution in [0.1, 0.15) is 0 Å². The van der Waals surface area contributed by atoms with Crippen molar-refractivity contribution >= 4 is 29.1 Å². The molecule has 0 atom stereocenters.